The quantitative estimate of drug-likeness (QED) is 0.147. The van der Waals surface area contributed by atoms with Crippen LogP contribution in [0.5, 0.6) is 0 Å². The van der Waals surface area contributed by atoms with E-state index < -0.39 is 8.07 Å². The Morgan fingerprint density at radius 1 is 1.17 bits per heavy atom. The third-order valence-electron chi connectivity index (χ3n) is 7.54. The summed E-state index contributed by atoms with van der Waals surface area (Å²) < 4.78 is 13.1. The van der Waals surface area contributed by atoms with E-state index in [0.29, 0.717) is 12.5 Å². The molecule has 0 saturated carbocycles. The zero-order valence-corrected chi connectivity index (χ0v) is 26.8. The normalized spacial score (nSPS) is 16.8. The van der Waals surface area contributed by atoms with Crippen LogP contribution in [0.1, 0.15) is 87.0 Å². The van der Waals surface area contributed by atoms with Crippen LogP contribution in [0.25, 0.3) is 5.57 Å². The van der Waals surface area contributed by atoms with Gasteiger partial charge in [0.15, 0.2) is 0 Å². The first-order valence-corrected chi connectivity index (χ1v) is 18.7. The number of likely N-dealkylation sites (tertiary alicyclic amines) is 1. The number of hydrogen-bond acceptors (Lipinski definition) is 6. The summed E-state index contributed by atoms with van der Waals surface area (Å²) in [7, 11) is -1.16. The van der Waals surface area contributed by atoms with Gasteiger partial charge in [-0.05, 0) is 94.5 Å². The standard InChI is InChI=1S/C31H48N6O3Si/c1-31(2,3)40-30(32)36-16-14-23(15-17-36)25-12-13-27(26(20-25)24-10-8-7-9-11-24)34-29(38)28-33-21-37(35-28)22-39-18-19-41(4,5)6/h10,12-13,20-21,23,32H,7-9,11,14-19,22H2,1-6H3,(H,34,38). The number of nitrogens with one attached hydrogen (secondary N) is 2. The zero-order chi connectivity index (χ0) is 29.6. The maximum Gasteiger partial charge on any atom is 0.295 e. The Morgan fingerprint density at radius 2 is 1.93 bits per heavy atom. The van der Waals surface area contributed by atoms with Crippen LogP contribution in [0.15, 0.2) is 30.6 Å². The van der Waals surface area contributed by atoms with E-state index in [2.05, 4.69) is 53.2 Å². The average Bonchev–Trinajstić information content (AvgIpc) is 3.40. The van der Waals surface area contributed by atoms with Crippen molar-refractivity contribution in [2.24, 2.45) is 0 Å². The van der Waals surface area contributed by atoms with Crippen molar-refractivity contribution in [2.75, 3.05) is 25.0 Å². The lowest BCUT2D eigenvalue weighted by atomic mass is 9.85. The molecule has 0 spiro atoms. The fourth-order valence-electron chi connectivity index (χ4n) is 5.22. The number of nitrogens with zero attached hydrogens (tertiary/aromatic N) is 4. The lowest BCUT2D eigenvalue weighted by molar-refractivity contribution is 0.0777. The Balaban J connectivity index is 1.43. The van der Waals surface area contributed by atoms with Gasteiger partial charge in [-0.2, -0.15) is 0 Å². The Kier molecular flexibility index (Phi) is 10.1. The second-order valence-corrected chi connectivity index (χ2v) is 19.1. The Hall–Kier alpha value is -2.98. The molecule has 10 heteroatoms. The SMILES string of the molecule is CC(C)(C)OC(=N)N1CCC(c2ccc(NC(=O)c3ncn(COCC[Si](C)(C)C)n3)c(C3=CCCCC3)c2)CC1. The number of carbonyl (C=O) groups is 1. The number of aromatic nitrogens is 3. The molecule has 2 aromatic rings. The van der Waals surface area contributed by atoms with Gasteiger partial charge >= 0.3 is 0 Å². The summed E-state index contributed by atoms with van der Waals surface area (Å²) in [5, 5.41) is 15.8. The second-order valence-electron chi connectivity index (χ2n) is 13.5. The molecule has 1 aliphatic heterocycles. The molecule has 2 heterocycles. The van der Waals surface area contributed by atoms with Gasteiger partial charge in [0.25, 0.3) is 11.9 Å². The largest absolute Gasteiger partial charge is 0.460 e. The van der Waals surface area contributed by atoms with Crippen LogP contribution in [-0.2, 0) is 16.2 Å². The molecular weight excluding hydrogens is 532 g/mol. The number of rotatable bonds is 9. The summed E-state index contributed by atoms with van der Waals surface area (Å²) in [6, 6.07) is 7.78. The molecule has 0 unspecified atom stereocenters. The van der Waals surface area contributed by atoms with Gasteiger partial charge in [-0.25, -0.2) is 9.67 Å². The van der Waals surface area contributed by atoms with Crippen molar-refractivity contribution in [3.8, 4) is 0 Å². The maximum absolute atomic E-state index is 13.2. The van der Waals surface area contributed by atoms with Crippen LogP contribution in [0.3, 0.4) is 0 Å². The van der Waals surface area contributed by atoms with E-state index >= 15 is 0 Å². The van der Waals surface area contributed by atoms with Gasteiger partial charge in [0.05, 0.1) is 0 Å². The second kappa shape index (κ2) is 13.3. The molecular formula is C31H48N6O3Si. The molecule has 1 saturated heterocycles. The predicted octanol–water partition coefficient (Wildman–Crippen LogP) is 6.73. The van der Waals surface area contributed by atoms with E-state index in [-0.39, 0.29) is 30.1 Å². The van der Waals surface area contributed by atoms with Crippen LogP contribution in [0.2, 0.25) is 25.7 Å². The summed E-state index contributed by atoms with van der Waals surface area (Å²) in [5.74, 6) is 0.223. The highest BCUT2D eigenvalue weighted by Crippen LogP contribution is 2.36. The first kappa shape index (κ1) is 31.0. The summed E-state index contributed by atoms with van der Waals surface area (Å²) in [4.78, 5) is 19.4. The van der Waals surface area contributed by atoms with Gasteiger partial charge in [0, 0.05) is 39.0 Å². The first-order valence-electron chi connectivity index (χ1n) is 15.0. The first-order chi connectivity index (χ1) is 19.4. The van der Waals surface area contributed by atoms with Crippen LogP contribution in [0, 0.1) is 5.41 Å². The molecule has 1 aliphatic carbocycles. The monoisotopic (exact) mass is 580 g/mol. The minimum absolute atomic E-state index is 0.138. The number of allylic oxidation sites excluding steroid dienone is 2. The molecule has 0 atom stereocenters. The van der Waals surface area contributed by atoms with Gasteiger partial charge in [-0.1, -0.05) is 31.8 Å². The summed E-state index contributed by atoms with van der Waals surface area (Å²) in [5.41, 5.74) is 4.10. The number of amides is 1. The molecule has 0 radical (unpaired) electrons. The highest BCUT2D eigenvalue weighted by molar-refractivity contribution is 6.76. The summed E-state index contributed by atoms with van der Waals surface area (Å²) >= 11 is 0. The fraction of sp³-hybridized carbons (Fsp3) is 0.613. The molecule has 9 nitrogen and oxygen atoms in total. The van der Waals surface area contributed by atoms with Crippen molar-refractivity contribution in [2.45, 2.75) is 103 Å². The van der Waals surface area contributed by atoms with Crippen molar-refractivity contribution in [3.05, 3.63) is 47.6 Å². The molecule has 1 amide bonds. The van der Waals surface area contributed by atoms with E-state index in [4.69, 9.17) is 14.9 Å². The highest BCUT2D eigenvalue weighted by atomic mass is 28.3. The Bertz CT molecular complexity index is 1240. The van der Waals surface area contributed by atoms with Crippen LogP contribution < -0.4 is 5.32 Å². The molecule has 41 heavy (non-hydrogen) atoms. The number of anilines is 1. The van der Waals surface area contributed by atoms with Gasteiger partial charge in [0.2, 0.25) is 5.82 Å². The van der Waals surface area contributed by atoms with E-state index in [0.717, 1.165) is 62.5 Å². The average molecular weight is 581 g/mol. The van der Waals surface area contributed by atoms with Crippen LogP contribution >= 0.6 is 0 Å². The molecule has 1 aromatic heterocycles. The number of ether oxygens (including phenoxy) is 2. The lowest BCUT2D eigenvalue weighted by Crippen LogP contribution is -2.41. The molecule has 1 fully saturated rings. The molecule has 1 aromatic carbocycles. The molecule has 4 rings (SSSR count). The summed E-state index contributed by atoms with van der Waals surface area (Å²) in [6.45, 7) is 15.5. The molecule has 2 aliphatic rings. The van der Waals surface area contributed by atoms with E-state index in [1.165, 1.54) is 17.6 Å². The maximum atomic E-state index is 13.2. The lowest BCUT2D eigenvalue weighted by Gasteiger charge is -2.35. The van der Waals surface area contributed by atoms with Gasteiger partial charge in [0.1, 0.15) is 18.7 Å². The summed E-state index contributed by atoms with van der Waals surface area (Å²) in [6.07, 6.45) is 10.2. The van der Waals surface area contributed by atoms with E-state index in [9.17, 15) is 4.79 Å². The van der Waals surface area contributed by atoms with Crippen molar-refractivity contribution < 1.29 is 14.3 Å². The third-order valence-corrected chi connectivity index (χ3v) is 9.25. The van der Waals surface area contributed by atoms with E-state index in [1.807, 2.05) is 31.7 Å². The number of amidine groups is 1. The van der Waals surface area contributed by atoms with Gasteiger partial charge in [-0.3, -0.25) is 10.2 Å². The van der Waals surface area contributed by atoms with Crippen molar-refractivity contribution in [1.82, 2.24) is 19.7 Å². The van der Waals surface area contributed by atoms with Crippen molar-refractivity contribution in [3.63, 3.8) is 0 Å². The van der Waals surface area contributed by atoms with Crippen LogP contribution in [0.4, 0.5) is 5.69 Å². The smallest absolute Gasteiger partial charge is 0.295 e. The third kappa shape index (κ3) is 9.26. The van der Waals surface area contributed by atoms with Crippen molar-refractivity contribution in [1.29, 1.82) is 5.41 Å². The number of hydrogen-bond donors (Lipinski definition) is 2. The minimum Gasteiger partial charge on any atom is -0.460 e. The minimum atomic E-state index is -1.16. The number of benzene rings is 1. The predicted molar refractivity (Wildman–Crippen MR) is 167 cm³/mol. The molecule has 224 valence electrons. The van der Waals surface area contributed by atoms with Crippen LogP contribution in [-0.4, -0.2) is 65.0 Å². The Morgan fingerprint density at radius 3 is 2.59 bits per heavy atom. The molecule has 0 bridgehead atoms. The topological polar surface area (TPSA) is 105 Å². The van der Waals surface area contributed by atoms with Gasteiger partial charge in [-0.15, -0.1) is 5.10 Å². The zero-order valence-electron chi connectivity index (χ0n) is 25.8. The number of carbonyl (C=O) groups excluding carboxylic acids is 1. The fourth-order valence-corrected chi connectivity index (χ4v) is 5.98. The van der Waals surface area contributed by atoms with Gasteiger partial charge < -0.3 is 19.7 Å². The molecule has 2 N–H and O–H groups in total. The highest BCUT2D eigenvalue weighted by Gasteiger charge is 2.26. The van der Waals surface area contributed by atoms with E-state index in [1.54, 1.807) is 11.0 Å². The Labute approximate surface area is 246 Å². The number of piperidine rings is 1. The van der Waals surface area contributed by atoms with Crippen molar-refractivity contribution >= 4 is 31.3 Å².